The molecular formula is C18H22N2O3S2. The van der Waals surface area contributed by atoms with E-state index in [1.165, 1.54) is 18.4 Å². The third-order valence-electron chi connectivity index (χ3n) is 4.55. The van der Waals surface area contributed by atoms with E-state index in [0.29, 0.717) is 0 Å². The van der Waals surface area contributed by atoms with E-state index in [1.807, 2.05) is 29.6 Å². The number of carbonyl (C=O) groups excluding carboxylic acids is 1. The number of hydrogen-bond donors (Lipinski definition) is 1. The van der Waals surface area contributed by atoms with Crippen LogP contribution in [0.25, 0.3) is 0 Å². The lowest BCUT2D eigenvalue weighted by molar-refractivity contribution is 0.0816. The molecule has 0 saturated carbocycles. The van der Waals surface area contributed by atoms with Crippen LogP contribution in [0.2, 0.25) is 0 Å². The number of nitrogens with zero attached hydrogens (tertiary/aromatic N) is 1. The van der Waals surface area contributed by atoms with Crippen molar-refractivity contribution in [3.05, 3.63) is 52.2 Å². The van der Waals surface area contributed by atoms with Crippen molar-refractivity contribution >= 4 is 27.1 Å². The summed E-state index contributed by atoms with van der Waals surface area (Å²) >= 11 is 1.51. The normalized spacial score (nSPS) is 19.0. The first-order valence-corrected chi connectivity index (χ1v) is 10.7. The van der Waals surface area contributed by atoms with Crippen molar-refractivity contribution in [2.24, 2.45) is 5.92 Å². The molecule has 2 aromatic rings. The van der Waals surface area contributed by atoms with Gasteiger partial charge in [-0.25, -0.2) is 13.1 Å². The van der Waals surface area contributed by atoms with Crippen molar-refractivity contribution in [1.29, 1.82) is 0 Å². The molecule has 0 aliphatic carbocycles. The Labute approximate surface area is 152 Å². The average Bonchev–Trinajstić information content (AvgIpc) is 3.16. The fourth-order valence-electron chi connectivity index (χ4n) is 3.18. The minimum Gasteiger partial charge on any atom is -0.298 e. The van der Waals surface area contributed by atoms with Gasteiger partial charge in [-0.1, -0.05) is 18.2 Å². The molecule has 0 bridgehead atoms. The smallest absolute Gasteiger partial charge is 0.240 e. The van der Waals surface area contributed by atoms with Crippen LogP contribution in [-0.4, -0.2) is 39.2 Å². The van der Waals surface area contributed by atoms with Gasteiger partial charge in [-0.2, -0.15) is 0 Å². The Hall–Kier alpha value is -1.54. The van der Waals surface area contributed by atoms with Gasteiger partial charge in [0.1, 0.15) is 0 Å². The summed E-state index contributed by atoms with van der Waals surface area (Å²) in [7, 11) is -2.00. The molecule has 0 amide bonds. The minimum atomic E-state index is -3.40. The van der Waals surface area contributed by atoms with Crippen molar-refractivity contribution in [3.8, 4) is 0 Å². The standard InChI is InChI=1S/C18H22N2O3S2/c1-19-25(22,23)16-8-6-14(7-9-16)12-20-10-2-4-15(13-20)18(21)17-5-3-11-24-17/h3,5-9,11,15,19H,2,4,10,12-13H2,1H3. The van der Waals surface area contributed by atoms with E-state index in [0.717, 1.165) is 42.9 Å². The molecule has 25 heavy (non-hydrogen) atoms. The Bertz CT molecular complexity index is 815. The second kappa shape index (κ2) is 7.78. The maximum absolute atomic E-state index is 12.6. The van der Waals surface area contributed by atoms with E-state index in [4.69, 9.17) is 0 Å². The molecule has 1 aliphatic heterocycles. The van der Waals surface area contributed by atoms with Gasteiger partial charge in [0.15, 0.2) is 5.78 Å². The Morgan fingerprint density at radius 3 is 2.68 bits per heavy atom. The largest absolute Gasteiger partial charge is 0.298 e. The first-order chi connectivity index (χ1) is 12.0. The summed E-state index contributed by atoms with van der Waals surface area (Å²) in [5.74, 6) is 0.298. The van der Waals surface area contributed by atoms with Crippen LogP contribution in [-0.2, 0) is 16.6 Å². The number of nitrogens with one attached hydrogen (secondary N) is 1. The first-order valence-electron chi connectivity index (χ1n) is 8.32. The number of Topliss-reactive ketones (excluding diaryl/α,β-unsaturated/α-hetero) is 1. The maximum atomic E-state index is 12.6. The fourth-order valence-corrected chi connectivity index (χ4v) is 4.66. The summed E-state index contributed by atoms with van der Waals surface area (Å²) in [6, 6.07) is 10.7. The summed E-state index contributed by atoms with van der Waals surface area (Å²) in [5, 5.41) is 1.94. The van der Waals surface area contributed by atoms with Crippen molar-refractivity contribution in [3.63, 3.8) is 0 Å². The van der Waals surface area contributed by atoms with Gasteiger partial charge in [-0.05, 0) is 55.6 Å². The maximum Gasteiger partial charge on any atom is 0.240 e. The molecule has 0 spiro atoms. The Morgan fingerprint density at radius 1 is 1.28 bits per heavy atom. The predicted octanol–water partition coefficient (Wildman–Crippen LogP) is 2.75. The van der Waals surface area contributed by atoms with Crippen LogP contribution >= 0.6 is 11.3 Å². The lowest BCUT2D eigenvalue weighted by Gasteiger charge is -2.31. The third kappa shape index (κ3) is 4.36. The molecule has 1 saturated heterocycles. The predicted molar refractivity (Wildman–Crippen MR) is 99.3 cm³/mol. The van der Waals surface area contributed by atoms with Gasteiger partial charge in [0, 0.05) is 19.0 Å². The highest BCUT2D eigenvalue weighted by Gasteiger charge is 2.27. The number of carbonyl (C=O) groups is 1. The molecular weight excluding hydrogens is 356 g/mol. The van der Waals surface area contributed by atoms with Gasteiger partial charge >= 0.3 is 0 Å². The van der Waals surface area contributed by atoms with Crippen LogP contribution in [0.15, 0.2) is 46.7 Å². The zero-order chi connectivity index (χ0) is 17.9. The van der Waals surface area contributed by atoms with Crippen LogP contribution in [0.1, 0.15) is 28.1 Å². The number of sulfonamides is 1. The van der Waals surface area contributed by atoms with E-state index in [9.17, 15) is 13.2 Å². The van der Waals surface area contributed by atoms with Crippen LogP contribution in [0.5, 0.6) is 0 Å². The summed E-state index contributed by atoms with van der Waals surface area (Å²) in [4.78, 5) is 15.9. The SMILES string of the molecule is CNS(=O)(=O)c1ccc(CN2CCCC(C(=O)c3cccs3)C2)cc1. The lowest BCUT2D eigenvalue weighted by Crippen LogP contribution is -2.38. The quantitative estimate of drug-likeness (QED) is 0.785. The molecule has 134 valence electrons. The van der Waals surface area contributed by atoms with Crippen molar-refractivity contribution in [1.82, 2.24) is 9.62 Å². The number of rotatable bonds is 6. The third-order valence-corrected chi connectivity index (χ3v) is 6.86. The summed E-state index contributed by atoms with van der Waals surface area (Å²) in [6.07, 6.45) is 1.95. The molecule has 3 rings (SSSR count). The molecule has 1 N–H and O–H groups in total. The molecule has 2 heterocycles. The number of benzene rings is 1. The van der Waals surface area contributed by atoms with E-state index in [1.54, 1.807) is 12.1 Å². The van der Waals surface area contributed by atoms with E-state index < -0.39 is 10.0 Å². The second-order valence-electron chi connectivity index (χ2n) is 6.27. The average molecular weight is 379 g/mol. The number of thiophene rings is 1. The highest BCUT2D eigenvalue weighted by molar-refractivity contribution is 7.89. The number of hydrogen-bond acceptors (Lipinski definition) is 5. The van der Waals surface area contributed by atoms with E-state index >= 15 is 0 Å². The molecule has 1 unspecified atom stereocenters. The summed E-state index contributed by atoms with van der Waals surface area (Å²) < 4.78 is 25.9. The van der Waals surface area contributed by atoms with Crippen LogP contribution in [0, 0.1) is 5.92 Å². The van der Waals surface area contributed by atoms with Gasteiger partial charge < -0.3 is 0 Å². The van der Waals surface area contributed by atoms with Gasteiger partial charge in [0.2, 0.25) is 10.0 Å². The van der Waals surface area contributed by atoms with Gasteiger partial charge in [0.05, 0.1) is 9.77 Å². The van der Waals surface area contributed by atoms with Crippen molar-refractivity contribution < 1.29 is 13.2 Å². The monoisotopic (exact) mass is 378 g/mol. The number of ketones is 1. The lowest BCUT2D eigenvalue weighted by atomic mass is 9.92. The van der Waals surface area contributed by atoms with Crippen LogP contribution in [0.4, 0.5) is 0 Å². The zero-order valence-corrected chi connectivity index (χ0v) is 15.8. The topological polar surface area (TPSA) is 66.5 Å². The Morgan fingerprint density at radius 2 is 2.04 bits per heavy atom. The summed E-state index contributed by atoms with van der Waals surface area (Å²) in [6.45, 7) is 2.45. The van der Waals surface area contributed by atoms with Gasteiger partial charge in [-0.15, -0.1) is 11.3 Å². The number of likely N-dealkylation sites (tertiary alicyclic amines) is 1. The van der Waals surface area contributed by atoms with Gasteiger partial charge in [0.25, 0.3) is 0 Å². The Kier molecular flexibility index (Phi) is 5.68. The molecule has 1 aromatic carbocycles. The molecule has 0 radical (unpaired) electrons. The minimum absolute atomic E-state index is 0.0522. The van der Waals surface area contributed by atoms with Crippen LogP contribution < -0.4 is 4.72 Å². The molecule has 1 fully saturated rings. The van der Waals surface area contributed by atoms with Crippen molar-refractivity contribution in [2.75, 3.05) is 20.1 Å². The highest BCUT2D eigenvalue weighted by Crippen LogP contribution is 2.24. The zero-order valence-electron chi connectivity index (χ0n) is 14.1. The van der Waals surface area contributed by atoms with E-state index in [2.05, 4.69) is 9.62 Å². The first kappa shape index (κ1) is 18.3. The van der Waals surface area contributed by atoms with Crippen molar-refractivity contribution in [2.45, 2.75) is 24.3 Å². The molecule has 1 aromatic heterocycles. The second-order valence-corrected chi connectivity index (χ2v) is 9.10. The Balaban J connectivity index is 1.64. The van der Waals surface area contributed by atoms with Crippen LogP contribution in [0.3, 0.4) is 0 Å². The van der Waals surface area contributed by atoms with E-state index in [-0.39, 0.29) is 16.6 Å². The fraction of sp³-hybridized carbons (Fsp3) is 0.389. The number of piperidine rings is 1. The molecule has 1 atom stereocenters. The van der Waals surface area contributed by atoms with Gasteiger partial charge in [-0.3, -0.25) is 9.69 Å². The summed E-state index contributed by atoms with van der Waals surface area (Å²) in [5.41, 5.74) is 1.05. The molecule has 5 nitrogen and oxygen atoms in total. The highest BCUT2D eigenvalue weighted by atomic mass is 32.2. The molecule has 7 heteroatoms. The molecule has 1 aliphatic rings.